The largest absolute Gasteiger partial charge is 0.459 e. The quantitative estimate of drug-likeness (QED) is 0.379. The van der Waals surface area contributed by atoms with E-state index < -0.39 is 0 Å². The minimum atomic E-state index is 0.714. The number of hydrogen-bond donors (Lipinski definition) is 0. The lowest BCUT2D eigenvalue weighted by molar-refractivity contribution is 0.393. The van der Waals surface area contributed by atoms with E-state index in [9.17, 15) is 0 Å². The summed E-state index contributed by atoms with van der Waals surface area (Å²) >= 11 is 0. The summed E-state index contributed by atoms with van der Waals surface area (Å²) in [4.78, 5) is 0. The molecule has 5 rings (SSSR count). The molecule has 0 N–H and O–H groups in total. The zero-order valence-corrected chi connectivity index (χ0v) is 15.3. The molecule has 4 aromatic rings. The number of benzene rings is 3. The van der Waals surface area contributed by atoms with Gasteiger partial charge in [-0.15, -0.1) is 0 Å². The Labute approximate surface area is 157 Å². The van der Waals surface area contributed by atoms with Crippen LogP contribution in [0.2, 0.25) is 0 Å². The minimum Gasteiger partial charge on any atom is -0.459 e. The van der Waals surface area contributed by atoms with Gasteiger partial charge in [0.1, 0.15) is 5.76 Å². The monoisotopic (exact) mass is 353 g/mol. The van der Waals surface area contributed by atoms with Crippen LogP contribution in [0.1, 0.15) is 18.1 Å². The summed E-state index contributed by atoms with van der Waals surface area (Å²) in [7, 11) is 2.06. The van der Waals surface area contributed by atoms with E-state index in [0.717, 1.165) is 33.5 Å². The Morgan fingerprint density at radius 2 is 1.59 bits per heavy atom. The Balaban J connectivity index is 1.77. The van der Waals surface area contributed by atoms with E-state index in [1.54, 1.807) is 6.26 Å². The third-order valence-corrected chi connectivity index (χ3v) is 5.05. The van der Waals surface area contributed by atoms with Crippen LogP contribution in [0.3, 0.4) is 0 Å². The number of allylic oxidation sites excluding steroid dienone is 1. The first kappa shape index (κ1) is 15.8. The van der Waals surface area contributed by atoms with E-state index in [1.807, 2.05) is 31.2 Å². The Bertz CT molecular complexity index is 1240. The summed E-state index contributed by atoms with van der Waals surface area (Å²) in [6.07, 6.45) is 5.79. The summed E-state index contributed by atoms with van der Waals surface area (Å²) in [6, 6.07) is 20.7. The predicted molar refractivity (Wildman–Crippen MR) is 111 cm³/mol. The average molecular weight is 353 g/mol. The van der Waals surface area contributed by atoms with Crippen LogP contribution in [-0.2, 0) is 7.05 Å². The fraction of sp³-hybridized carbons (Fsp3) is 0.0833. The normalized spacial score (nSPS) is 16.6. The molecular formula is C24H19NO2. The van der Waals surface area contributed by atoms with E-state index in [2.05, 4.69) is 60.2 Å². The molecule has 0 atom stereocenters. The molecule has 3 heteroatoms. The second kappa shape index (κ2) is 6.06. The summed E-state index contributed by atoms with van der Waals surface area (Å²) in [5.74, 6) is 2.27. The maximum atomic E-state index is 6.18. The third-order valence-electron chi connectivity index (χ3n) is 5.05. The maximum absolute atomic E-state index is 6.18. The number of aryl methyl sites for hydroxylation is 1. The van der Waals surface area contributed by atoms with Gasteiger partial charge in [-0.2, -0.15) is 0 Å². The molecule has 0 spiro atoms. The van der Waals surface area contributed by atoms with Crippen LogP contribution in [0, 0.1) is 0 Å². The second-order valence-electron chi connectivity index (χ2n) is 6.77. The van der Waals surface area contributed by atoms with Crippen molar-refractivity contribution in [2.75, 3.05) is 0 Å². The molecule has 0 unspecified atom stereocenters. The molecule has 0 aliphatic carbocycles. The van der Waals surface area contributed by atoms with Crippen LogP contribution in [0.15, 0.2) is 72.7 Å². The van der Waals surface area contributed by atoms with Gasteiger partial charge < -0.3 is 14.0 Å². The van der Waals surface area contributed by atoms with Crippen molar-refractivity contribution < 1.29 is 9.47 Å². The number of fused-ring (bicyclic) bond motifs is 6. The number of ether oxygens (including phenoxy) is 2. The summed E-state index contributed by atoms with van der Waals surface area (Å²) < 4.78 is 14.5. The van der Waals surface area contributed by atoms with Crippen LogP contribution in [0.25, 0.3) is 34.0 Å². The standard InChI is InChI=1S/C24H19NO2/c1-16-15-18-8-4-3-7-17(18)13-14-26-24-22(27-16)12-11-20-19-9-5-6-10-21(19)25(2)23(20)24/h3-15H,1-2H3/b14-13+,16-15+. The van der Waals surface area contributed by atoms with Gasteiger partial charge in [0.05, 0.1) is 11.8 Å². The highest BCUT2D eigenvalue weighted by Gasteiger charge is 2.18. The van der Waals surface area contributed by atoms with Gasteiger partial charge in [-0.25, -0.2) is 0 Å². The summed E-state index contributed by atoms with van der Waals surface area (Å²) in [5, 5.41) is 2.36. The van der Waals surface area contributed by atoms with Crippen molar-refractivity contribution in [2.24, 2.45) is 7.05 Å². The number of para-hydroxylation sites is 1. The maximum Gasteiger partial charge on any atom is 0.193 e. The summed E-state index contributed by atoms with van der Waals surface area (Å²) in [6.45, 7) is 1.97. The van der Waals surface area contributed by atoms with Gasteiger partial charge in [-0.1, -0.05) is 42.5 Å². The first-order chi connectivity index (χ1) is 13.2. The Kier molecular flexibility index (Phi) is 3.54. The number of nitrogens with zero attached hydrogens (tertiary/aromatic N) is 1. The molecule has 0 amide bonds. The van der Waals surface area contributed by atoms with E-state index in [-0.39, 0.29) is 0 Å². The van der Waals surface area contributed by atoms with E-state index in [4.69, 9.17) is 9.47 Å². The number of hydrogen-bond acceptors (Lipinski definition) is 2. The fourth-order valence-corrected chi connectivity index (χ4v) is 3.80. The molecule has 0 bridgehead atoms. The van der Waals surface area contributed by atoms with Crippen molar-refractivity contribution in [2.45, 2.75) is 6.92 Å². The van der Waals surface area contributed by atoms with Crippen LogP contribution < -0.4 is 9.47 Å². The molecule has 27 heavy (non-hydrogen) atoms. The highest BCUT2D eigenvalue weighted by molar-refractivity contribution is 6.10. The van der Waals surface area contributed by atoms with Crippen molar-refractivity contribution in [1.82, 2.24) is 4.57 Å². The average Bonchev–Trinajstić information content (AvgIpc) is 2.97. The molecule has 3 nitrogen and oxygen atoms in total. The van der Waals surface area contributed by atoms with E-state index in [0.29, 0.717) is 5.75 Å². The Morgan fingerprint density at radius 3 is 2.48 bits per heavy atom. The van der Waals surface area contributed by atoms with Crippen molar-refractivity contribution in [3.05, 3.63) is 83.8 Å². The molecule has 0 radical (unpaired) electrons. The van der Waals surface area contributed by atoms with Crippen molar-refractivity contribution >= 4 is 34.0 Å². The fourth-order valence-electron chi connectivity index (χ4n) is 3.80. The minimum absolute atomic E-state index is 0.714. The van der Waals surface area contributed by atoms with Gasteiger partial charge in [-0.3, -0.25) is 0 Å². The van der Waals surface area contributed by atoms with Crippen LogP contribution in [0.4, 0.5) is 0 Å². The molecular weight excluding hydrogens is 334 g/mol. The molecule has 0 fully saturated rings. The van der Waals surface area contributed by atoms with Gasteiger partial charge in [0.15, 0.2) is 11.5 Å². The lowest BCUT2D eigenvalue weighted by Gasteiger charge is -2.15. The summed E-state index contributed by atoms with van der Waals surface area (Å²) in [5.41, 5.74) is 4.39. The van der Waals surface area contributed by atoms with Gasteiger partial charge in [0.2, 0.25) is 0 Å². The first-order valence-electron chi connectivity index (χ1n) is 9.01. The highest BCUT2D eigenvalue weighted by atomic mass is 16.5. The lowest BCUT2D eigenvalue weighted by atomic mass is 10.1. The molecule has 132 valence electrons. The number of aromatic nitrogens is 1. The first-order valence-corrected chi connectivity index (χ1v) is 9.01. The van der Waals surface area contributed by atoms with Gasteiger partial charge in [0.25, 0.3) is 0 Å². The Morgan fingerprint density at radius 1 is 0.815 bits per heavy atom. The smallest absolute Gasteiger partial charge is 0.193 e. The molecule has 2 heterocycles. The molecule has 0 saturated heterocycles. The lowest BCUT2D eigenvalue weighted by Crippen LogP contribution is -1.98. The molecule has 1 aliphatic rings. The molecule has 3 aromatic carbocycles. The third kappa shape index (κ3) is 2.51. The molecule has 1 aromatic heterocycles. The predicted octanol–water partition coefficient (Wildman–Crippen LogP) is 6.13. The van der Waals surface area contributed by atoms with Gasteiger partial charge in [-0.05, 0) is 48.4 Å². The van der Waals surface area contributed by atoms with E-state index >= 15 is 0 Å². The van der Waals surface area contributed by atoms with Gasteiger partial charge in [0, 0.05) is 23.3 Å². The van der Waals surface area contributed by atoms with Crippen LogP contribution in [0.5, 0.6) is 11.5 Å². The molecule has 1 aliphatic heterocycles. The van der Waals surface area contributed by atoms with Crippen molar-refractivity contribution in [1.29, 1.82) is 0 Å². The SMILES string of the molecule is C/C1=C\c2ccccc2/C=C/Oc2c(ccc3c4ccccc4n(C)c23)O1. The highest BCUT2D eigenvalue weighted by Crippen LogP contribution is 2.41. The van der Waals surface area contributed by atoms with Crippen molar-refractivity contribution in [3.8, 4) is 11.5 Å². The molecule has 0 saturated carbocycles. The topological polar surface area (TPSA) is 23.4 Å². The number of rotatable bonds is 0. The zero-order chi connectivity index (χ0) is 18.4. The van der Waals surface area contributed by atoms with Crippen LogP contribution in [-0.4, -0.2) is 4.57 Å². The van der Waals surface area contributed by atoms with Crippen LogP contribution >= 0.6 is 0 Å². The second-order valence-corrected chi connectivity index (χ2v) is 6.77. The van der Waals surface area contributed by atoms with Gasteiger partial charge >= 0.3 is 0 Å². The Hall–Kier alpha value is -3.46. The van der Waals surface area contributed by atoms with E-state index in [1.165, 1.54) is 10.9 Å². The zero-order valence-electron chi connectivity index (χ0n) is 15.3. The van der Waals surface area contributed by atoms with Crippen molar-refractivity contribution in [3.63, 3.8) is 0 Å².